The van der Waals surface area contributed by atoms with Crippen molar-refractivity contribution >= 4 is 17.4 Å². The quantitative estimate of drug-likeness (QED) is 0.648. The summed E-state index contributed by atoms with van der Waals surface area (Å²) in [6, 6.07) is 4.81. The van der Waals surface area contributed by atoms with E-state index in [-0.39, 0.29) is 0 Å². The number of benzene rings is 1. The third-order valence-corrected chi connectivity index (χ3v) is 4.85. The Hall–Kier alpha value is -1.14. The number of rotatable bonds is 6. The minimum atomic E-state index is -0.677. The summed E-state index contributed by atoms with van der Waals surface area (Å²) in [4.78, 5) is 10.1. The Labute approximate surface area is 122 Å². The fraction of sp³-hybridized carbons (Fsp3) is 0.571. The van der Waals surface area contributed by atoms with Crippen molar-refractivity contribution < 1.29 is 9.31 Å². The van der Waals surface area contributed by atoms with E-state index in [9.17, 15) is 14.5 Å². The Bertz CT molecular complexity index is 484. The topological polar surface area (TPSA) is 55.2 Å². The number of nitrogens with zero attached hydrogens (tertiary/aromatic N) is 1. The molecular weight excluding hydrogens is 279 g/mol. The van der Waals surface area contributed by atoms with Gasteiger partial charge in [0.15, 0.2) is 0 Å². The number of nitro benzene ring substituents is 1. The Morgan fingerprint density at radius 1 is 1.50 bits per heavy atom. The molecule has 1 N–H and O–H groups in total. The maximum Gasteiger partial charge on any atom is 0.305 e. The molecule has 1 heterocycles. The molecule has 20 heavy (non-hydrogen) atoms. The van der Waals surface area contributed by atoms with E-state index in [1.54, 1.807) is 12.1 Å². The van der Waals surface area contributed by atoms with Crippen LogP contribution in [0.1, 0.15) is 18.9 Å². The fourth-order valence-corrected chi connectivity index (χ4v) is 3.94. The number of thioether (sulfide) groups is 1. The number of hydrogen-bond acceptors (Lipinski definition) is 4. The van der Waals surface area contributed by atoms with Crippen molar-refractivity contribution in [3.8, 4) is 0 Å². The molecule has 0 spiro atoms. The van der Waals surface area contributed by atoms with E-state index >= 15 is 0 Å². The molecular formula is C14H19FN2O2S. The van der Waals surface area contributed by atoms with Gasteiger partial charge >= 0.3 is 5.69 Å². The van der Waals surface area contributed by atoms with Crippen molar-refractivity contribution in [2.24, 2.45) is 5.92 Å². The van der Waals surface area contributed by atoms with Gasteiger partial charge in [-0.25, -0.2) is 0 Å². The second-order valence-electron chi connectivity index (χ2n) is 5.07. The molecule has 1 aromatic carbocycles. The van der Waals surface area contributed by atoms with Gasteiger partial charge in [-0.3, -0.25) is 10.1 Å². The molecule has 0 amide bonds. The molecule has 6 heteroatoms. The zero-order valence-corrected chi connectivity index (χ0v) is 12.3. The largest absolute Gasteiger partial charge is 0.313 e. The van der Waals surface area contributed by atoms with Gasteiger partial charge in [-0.2, -0.15) is 16.2 Å². The van der Waals surface area contributed by atoms with Gasteiger partial charge in [0, 0.05) is 17.9 Å². The summed E-state index contributed by atoms with van der Waals surface area (Å²) in [5.74, 6) is 1.66. The molecule has 1 aromatic rings. The van der Waals surface area contributed by atoms with Gasteiger partial charge in [0.2, 0.25) is 5.82 Å². The first kappa shape index (κ1) is 15.3. The molecule has 1 aliphatic heterocycles. The van der Waals surface area contributed by atoms with Gasteiger partial charge in [0.05, 0.1) is 4.92 Å². The van der Waals surface area contributed by atoms with E-state index < -0.39 is 16.4 Å². The second kappa shape index (κ2) is 7.04. The van der Waals surface area contributed by atoms with E-state index in [1.165, 1.54) is 6.07 Å². The van der Waals surface area contributed by atoms with E-state index in [1.807, 2.05) is 11.8 Å². The van der Waals surface area contributed by atoms with Gasteiger partial charge in [0.1, 0.15) is 0 Å². The minimum Gasteiger partial charge on any atom is -0.313 e. The Morgan fingerprint density at radius 3 is 3.00 bits per heavy atom. The zero-order chi connectivity index (χ0) is 14.5. The van der Waals surface area contributed by atoms with Crippen molar-refractivity contribution in [3.05, 3.63) is 39.7 Å². The van der Waals surface area contributed by atoms with Crippen LogP contribution in [0.2, 0.25) is 0 Å². The highest BCUT2D eigenvalue weighted by molar-refractivity contribution is 7.99. The van der Waals surface area contributed by atoms with Gasteiger partial charge in [0.25, 0.3) is 0 Å². The van der Waals surface area contributed by atoms with Crippen LogP contribution in [0.5, 0.6) is 0 Å². The van der Waals surface area contributed by atoms with E-state index in [4.69, 9.17) is 0 Å². The van der Waals surface area contributed by atoms with Crippen LogP contribution in [0.4, 0.5) is 10.1 Å². The first-order valence-corrected chi connectivity index (χ1v) is 8.01. The number of nitrogens with one attached hydrogen (secondary N) is 1. The molecule has 0 aromatic heterocycles. The molecule has 1 saturated heterocycles. The molecule has 0 aliphatic carbocycles. The van der Waals surface area contributed by atoms with Crippen LogP contribution in [0.15, 0.2) is 18.2 Å². The van der Waals surface area contributed by atoms with Crippen molar-refractivity contribution in [1.82, 2.24) is 5.32 Å². The third-order valence-electron chi connectivity index (χ3n) is 3.59. The van der Waals surface area contributed by atoms with Crippen LogP contribution in [0.25, 0.3) is 0 Å². The van der Waals surface area contributed by atoms with Crippen molar-refractivity contribution in [1.29, 1.82) is 0 Å². The Kier molecular flexibility index (Phi) is 5.37. The molecule has 0 radical (unpaired) electrons. The van der Waals surface area contributed by atoms with E-state index in [0.717, 1.165) is 24.5 Å². The van der Waals surface area contributed by atoms with Crippen LogP contribution in [0.3, 0.4) is 0 Å². The number of halogens is 1. The smallest absolute Gasteiger partial charge is 0.305 e. The summed E-state index contributed by atoms with van der Waals surface area (Å²) >= 11 is 1.86. The lowest BCUT2D eigenvalue weighted by Gasteiger charge is -2.20. The monoisotopic (exact) mass is 298 g/mol. The van der Waals surface area contributed by atoms with Gasteiger partial charge in [-0.15, -0.1) is 0 Å². The van der Waals surface area contributed by atoms with E-state index in [2.05, 4.69) is 12.2 Å². The van der Waals surface area contributed by atoms with Crippen LogP contribution in [-0.4, -0.2) is 29.0 Å². The first-order valence-electron chi connectivity index (χ1n) is 6.86. The summed E-state index contributed by atoms with van der Waals surface area (Å²) in [6.45, 7) is 3.07. The summed E-state index contributed by atoms with van der Waals surface area (Å²) in [7, 11) is 0. The average molecular weight is 298 g/mol. The lowest BCUT2D eigenvalue weighted by molar-refractivity contribution is -0.387. The highest BCUT2D eigenvalue weighted by Crippen LogP contribution is 2.30. The Morgan fingerprint density at radius 2 is 2.30 bits per heavy atom. The summed E-state index contributed by atoms with van der Waals surface area (Å²) < 4.78 is 14.1. The van der Waals surface area contributed by atoms with Gasteiger partial charge < -0.3 is 5.32 Å². The van der Waals surface area contributed by atoms with Crippen LogP contribution < -0.4 is 5.32 Å². The van der Waals surface area contributed by atoms with Crippen molar-refractivity contribution in [3.63, 3.8) is 0 Å². The molecule has 4 nitrogen and oxygen atoms in total. The summed E-state index contributed by atoms with van der Waals surface area (Å²) in [6.07, 6.45) is 1.63. The van der Waals surface area contributed by atoms with Crippen molar-refractivity contribution in [2.75, 3.05) is 18.1 Å². The average Bonchev–Trinajstić information content (AvgIpc) is 2.85. The van der Waals surface area contributed by atoms with E-state index in [0.29, 0.717) is 23.9 Å². The number of hydrogen-bond donors (Lipinski definition) is 1. The molecule has 0 saturated carbocycles. The van der Waals surface area contributed by atoms with Crippen LogP contribution >= 0.6 is 11.8 Å². The maximum absolute atomic E-state index is 14.1. The van der Waals surface area contributed by atoms with Gasteiger partial charge in [-0.1, -0.05) is 19.1 Å². The highest BCUT2D eigenvalue weighted by Gasteiger charge is 2.29. The predicted octanol–water partition coefficient (Wildman–Crippen LogP) is 3.01. The standard InChI is InChI=1S/C14H19FN2O2S/c1-2-6-16-12-9-20-8-11(12)7-10-4-3-5-13(14(10)15)17(18)19/h3-5,11-12,16H,2,6-9H2,1H3. The maximum atomic E-state index is 14.1. The minimum absolute atomic E-state index is 0.336. The molecule has 1 fully saturated rings. The highest BCUT2D eigenvalue weighted by atomic mass is 32.2. The molecule has 1 aliphatic rings. The van der Waals surface area contributed by atoms with Crippen LogP contribution in [0, 0.1) is 21.8 Å². The Balaban J connectivity index is 2.09. The normalized spacial score (nSPS) is 22.1. The fourth-order valence-electron chi connectivity index (χ4n) is 2.50. The van der Waals surface area contributed by atoms with Crippen LogP contribution in [-0.2, 0) is 6.42 Å². The third kappa shape index (κ3) is 3.49. The predicted molar refractivity (Wildman–Crippen MR) is 79.7 cm³/mol. The lowest BCUT2D eigenvalue weighted by Crippen LogP contribution is -2.36. The first-order chi connectivity index (χ1) is 9.63. The molecule has 2 atom stereocenters. The summed E-state index contributed by atoms with van der Waals surface area (Å²) in [5.41, 5.74) is 0.0289. The number of nitro groups is 1. The SMILES string of the molecule is CCCNC1CSCC1Cc1cccc([N+](=O)[O-])c1F. The molecule has 2 rings (SSSR count). The van der Waals surface area contributed by atoms with Crippen molar-refractivity contribution in [2.45, 2.75) is 25.8 Å². The molecule has 2 unspecified atom stereocenters. The second-order valence-corrected chi connectivity index (χ2v) is 6.14. The lowest BCUT2D eigenvalue weighted by atomic mass is 9.94. The molecule has 0 bridgehead atoms. The summed E-state index contributed by atoms with van der Waals surface area (Å²) in [5, 5.41) is 14.2. The van der Waals surface area contributed by atoms with Gasteiger partial charge in [-0.05, 0) is 36.6 Å². The molecule has 110 valence electrons. The zero-order valence-electron chi connectivity index (χ0n) is 11.5.